The number of urea groups is 1. The number of nitrogens with zero attached hydrogens (tertiary/aromatic N) is 1. The van der Waals surface area contributed by atoms with Gasteiger partial charge in [0.15, 0.2) is 12.4 Å². The fraction of sp³-hybridized carbons (Fsp3) is 0.412. The normalized spacial score (nSPS) is 15.9. The van der Waals surface area contributed by atoms with E-state index in [1.54, 1.807) is 13.8 Å². The molecule has 3 amide bonds. The number of Topliss-reactive ketones (excluding diaryl/α,β-unsaturated/α-hetero) is 1. The van der Waals surface area contributed by atoms with Crippen molar-refractivity contribution in [3.05, 3.63) is 35.6 Å². The summed E-state index contributed by atoms with van der Waals surface area (Å²) in [5, 5.41) is 2.54. The van der Waals surface area contributed by atoms with E-state index in [-0.39, 0.29) is 30.9 Å². The number of halogens is 1. The molecular weight excluding hydrogens is 331 g/mol. The van der Waals surface area contributed by atoms with Crippen molar-refractivity contribution in [2.45, 2.75) is 32.2 Å². The lowest BCUT2D eigenvalue weighted by Crippen LogP contribution is -2.40. The van der Waals surface area contributed by atoms with Crippen molar-refractivity contribution in [3.63, 3.8) is 0 Å². The number of ketones is 1. The zero-order valence-electron chi connectivity index (χ0n) is 14.0. The van der Waals surface area contributed by atoms with Gasteiger partial charge in [-0.3, -0.25) is 19.3 Å². The van der Waals surface area contributed by atoms with Gasteiger partial charge >= 0.3 is 12.0 Å². The van der Waals surface area contributed by atoms with E-state index in [1.807, 2.05) is 0 Å². The Balaban J connectivity index is 1.72. The number of nitrogens with one attached hydrogen (secondary N) is 1. The number of hydrogen-bond acceptors (Lipinski definition) is 5. The first kappa shape index (κ1) is 18.6. The summed E-state index contributed by atoms with van der Waals surface area (Å²) in [6.07, 6.45) is 0.201. The summed E-state index contributed by atoms with van der Waals surface area (Å²) in [5.41, 5.74) is -0.699. The predicted molar refractivity (Wildman–Crippen MR) is 85.2 cm³/mol. The lowest BCUT2D eigenvalue weighted by molar-refractivity contribution is -0.143. The number of rotatable bonds is 7. The molecule has 1 saturated heterocycles. The third-order valence-electron chi connectivity index (χ3n) is 3.74. The van der Waals surface area contributed by atoms with E-state index in [2.05, 4.69) is 5.32 Å². The molecule has 0 bridgehead atoms. The molecule has 0 spiro atoms. The van der Waals surface area contributed by atoms with E-state index in [4.69, 9.17) is 4.74 Å². The van der Waals surface area contributed by atoms with Crippen LogP contribution in [0.4, 0.5) is 9.18 Å². The molecule has 1 N–H and O–H groups in total. The van der Waals surface area contributed by atoms with Gasteiger partial charge in [0.25, 0.3) is 5.91 Å². The number of amides is 3. The van der Waals surface area contributed by atoms with Gasteiger partial charge in [0.2, 0.25) is 0 Å². The van der Waals surface area contributed by atoms with Crippen LogP contribution in [-0.4, -0.2) is 47.3 Å². The van der Waals surface area contributed by atoms with Crippen LogP contribution >= 0.6 is 0 Å². The maximum absolute atomic E-state index is 12.8. The Morgan fingerprint density at radius 2 is 1.84 bits per heavy atom. The van der Waals surface area contributed by atoms with Gasteiger partial charge in [0.05, 0.1) is 0 Å². The fourth-order valence-electron chi connectivity index (χ4n) is 2.34. The highest BCUT2D eigenvalue weighted by Gasteiger charge is 2.43. The number of benzene rings is 1. The van der Waals surface area contributed by atoms with Crippen molar-refractivity contribution < 1.29 is 28.3 Å². The van der Waals surface area contributed by atoms with Crippen molar-refractivity contribution >= 4 is 23.7 Å². The highest BCUT2D eigenvalue weighted by atomic mass is 19.1. The molecule has 1 aliphatic rings. The van der Waals surface area contributed by atoms with Gasteiger partial charge in [-0.25, -0.2) is 9.18 Å². The minimum absolute atomic E-state index is 0.0335. The smallest absolute Gasteiger partial charge is 0.325 e. The van der Waals surface area contributed by atoms with Crippen LogP contribution in [0.1, 0.15) is 37.0 Å². The molecule has 1 aliphatic heterocycles. The molecule has 0 radical (unpaired) electrons. The number of hydrogen-bond donors (Lipinski definition) is 1. The second-order valence-electron chi connectivity index (χ2n) is 6.21. The van der Waals surface area contributed by atoms with Crippen LogP contribution in [0.5, 0.6) is 0 Å². The van der Waals surface area contributed by atoms with Gasteiger partial charge in [-0.1, -0.05) is 0 Å². The third kappa shape index (κ3) is 4.62. The van der Waals surface area contributed by atoms with Gasteiger partial charge in [0, 0.05) is 18.5 Å². The Hall–Kier alpha value is -2.77. The van der Waals surface area contributed by atoms with Crippen molar-refractivity contribution in [1.29, 1.82) is 0 Å². The Morgan fingerprint density at radius 3 is 2.40 bits per heavy atom. The van der Waals surface area contributed by atoms with Crippen LogP contribution in [0.3, 0.4) is 0 Å². The van der Waals surface area contributed by atoms with E-state index >= 15 is 0 Å². The van der Waals surface area contributed by atoms with Crippen LogP contribution in [0.15, 0.2) is 24.3 Å². The van der Waals surface area contributed by atoms with E-state index in [9.17, 15) is 23.6 Å². The van der Waals surface area contributed by atoms with E-state index in [1.165, 1.54) is 12.1 Å². The predicted octanol–water partition coefficient (Wildman–Crippen LogP) is 1.66. The second kappa shape index (κ2) is 7.42. The van der Waals surface area contributed by atoms with E-state index < -0.39 is 35.7 Å². The largest absolute Gasteiger partial charge is 0.457 e. The minimum atomic E-state index is -0.945. The molecule has 2 rings (SSSR count). The minimum Gasteiger partial charge on any atom is -0.457 e. The number of carbonyl (C=O) groups is 4. The summed E-state index contributed by atoms with van der Waals surface area (Å²) in [7, 11) is 0. The topological polar surface area (TPSA) is 92.8 Å². The standard InChI is InChI=1S/C17H19FN2O5/c1-17(2)15(23)20(16(24)19-17)9-3-4-14(22)25-10-13(21)11-5-7-12(18)8-6-11/h5-8H,3-4,9-10H2,1-2H3,(H,19,24). The fourth-order valence-corrected chi connectivity index (χ4v) is 2.34. The molecule has 1 heterocycles. The van der Waals surface area contributed by atoms with Crippen LogP contribution in [0, 0.1) is 5.82 Å². The summed E-state index contributed by atoms with van der Waals surface area (Å²) in [4.78, 5) is 48.1. The Bertz CT molecular complexity index is 699. The van der Waals surface area contributed by atoms with Crippen LogP contribution in [-0.2, 0) is 14.3 Å². The Labute approximate surface area is 144 Å². The van der Waals surface area contributed by atoms with Crippen molar-refractivity contribution in [1.82, 2.24) is 10.2 Å². The molecule has 0 aliphatic carbocycles. The zero-order chi connectivity index (χ0) is 18.6. The monoisotopic (exact) mass is 350 g/mol. The van der Waals surface area contributed by atoms with Gasteiger partial charge in [0.1, 0.15) is 11.4 Å². The second-order valence-corrected chi connectivity index (χ2v) is 6.21. The summed E-state index contributed by atoms with van der Waals surface area (Å²) in [6, 6.07) is 4.42. The average molecular weight is 350 g/mol. The molecule has 1 fully saturated rings. The average Bonchev–Trinajstić information content (AvgIpc) is 2.74. The molecule has 0 aromatic heterocycles. The lowest BCUT2D eigenvalue weighted by Gasteiger charge is -2.15. The van der Waals surface area contributed by atoms with E-state index in [0.29, 0.717) is 0 Å². The SMILES string of the molecule is CC1(C)NC(=O)N(CCCC(=O)OCC(=O)c2ccc(F)cc2)C1=O. The quantitative estimate of drug-likeness (QED) is 0.459. The van der Waals surface area contributed by atoms with Gasteiger partial charge in [-0.2, -0.15) is 0 Å². The van der Waals surface area contributed by atoms with Gasteiger partial charge in [-0.05, 0) is 44.5 Å². The highest BCUT2D eigenvalue weighted by Crippen LogP contribution is 2.17. The molecule has 0 unspecified atom stereocenters. The summed E-state index contributed by atoms with van der Waals surface area (Å²) >= 11 is 0. The maximum atomic E-state index is 12.8. The zero-order valence-corrected chi connectivity index (χ0v) is 14.0. The highest BCUT2D eigenvalue weighted by molar-refractivity contribution is 6.06. The molecule has 25 heavy (non-hydrogen) atoms. The molecule has 134 valence electrons. The molecule has 1 aromatic carbocycles. The first-order valence-corrected chi connectivity index (χ1v) is 7.79. The molecule has 0 saturated carbocycles. The van der Waals surface area contributed by atoms with Crippen LogP contribution in [0.25, 0.3) is 0 Å². The van der Waals surface area contributed by atoms with E-state index in [0.717, 1.165) is 17.0 Å². The number of ether oxygens (including phenoxy) is 1. The summed E-state index contributed by atoms with van der Waals surface area (Å²) in [5.74, 6) is -1.86. The lowest BCUT2D eigenvalue weighted by atomic mass is 10.1. The van der Waals surface area contributed by atoms with Crippen molar-refractivity contribution in [2.75, 3.05) is 13.2 Å². The van der Waals surface area contributed by atoms with Crippen molar-refractivity contribution in [2.24, 2.45) is 0 Å². The maximum Gasteiger partial charge on any atom is 0.325 e. The molecule has 0 atom stereocenters. The number of carbonyl (C=O) groups excluding carboxylic acids is 4. The first-order chi connectivity index (χ1) is 11.7. The Morgan fingerprint density at radius 1 is 1.20 bits per heavy atom. The van der Waals surface area contributed by atoms with Gasteiger partial charge in [-0.15, -0.1) is 0 Å². The number of imide groups is 1. The summed E-state index contributed by atoms with van der Waals surface area (Å²) < 4.78 is 17.6. The summed E-state index contributed by atoms with van der Waals surface area (Å²) in [6.45, 7) is 2.85. The molecule has 8 heteroatoms. The molecular formula is C17H19FN2O5. The molecule has 7 nitrogen and oxygen atoms in total. The first-order valence-electron chi connectivity index (χ1n) is 7.79. The third-order valence-corrected chi connectivity index (χ3v) is 3.74. The van der Waals surface area contributed by atoms with Gasteiger partial charge < -0.3 is 10.1 Å². The van der Waals surface area contributed by atoms with Crippen molar-refractivity contribution in [3.8, 4) is 0 Å². The van der Waals surface area contributed by atoms with Crippen LogP contribution in [0.2, 0.25) is 0 Å². The number of esters is 1. The Kier molecular flexibility index (Phi) is 5.51. The molecule has 1 aromatic rings. The van der Waals surface area contributed by atoms with Crippen LogP contribution < -0.4 is 5.32 Å².